The molecule has 0 saturated heterocycles. The number of benzene rings is 2. The molecular formula is C25H27NO6. The summed E-state index contributed by atoms with van der Waals surface area (Å²) in [4.78, 5) is 36.8. The van der Waals surface area contributed by atoms with Crippen LogP contribution in [0.15, 0.2) is 51.7 Å². The Bertz CT molecular complexity index is 1210. The molecule has 0 saturated carbocycles. The number of aliphatic hydroxyl groups excluding tert-OH is 1. The summed E-state index contributed by atoms with van der Waals surface area (Å²) in [6.07, 6.45) is 0. The molecule has 1 aliphatic heterocycles. The van der Waals surface area contributed by atoms with E-state index in [2.05, 4.69) is 13.8 Å². The number of aryl methyl sites for hydroxylation is 1. The predicted molar refractivity (Wildman–Crippen MR) is 121 cm³/mol. The van der Waals surface area contributed by atoms with Crippen molar-refractivity contribution < 1.29 is 24.2 Å². The summed E-state index contributed by atoms with van der Waals surface area (Å²) in [5, 5.41) is 17.4. The first-order chi connectivity index (χ1) is 15.1. The van der Waals surface area contributed by atoms with Crippen LogP contribution in [0.1, 0.15) is 65.5 Å². The number of fused-ring (bicyclic) bond motifs is 2. The quantitative estimate of drug-likeness (QED) is 0.642. The van der Waals surface area contributed by atoms with E-state index < -0.39 is 12.0 Å². The second-order valence-corrected chi connectivity index (χ2v) is 8.14. The second-order valence-electron chi connectivity index (χ2n) is 8.14. The van der Waals surface area contributed by atoms with E-state index in [4.69, 9.17) is 14.3 Å². The predicted octanol–water partition coefficient (Wildman–Crippen LogP) is 3.85. The van der Waals surface area contributed by atoms with Gasteiger partial charge in [0.2, 0.25) is 5.76 Å². The second kappa shape index (κ2) is 9.36. The van der Waals surface area contributed by atoms with Crippen molar-refractivity contribution in [3.8, 4) is 0 Å². The minimum atomic E-state index is -0.833. The maximum absolute atomic E-state index is 13.3. The summed E-state index contributed by atoms with van der Waals surface area (Å²) in [7, 11) is 0. The molecule has 0 bridgehead atoms. The van der Waals surface area contributed by atoms with Crippen LogP contribution in [0.3, 0.4) is 0 Å². The van der Waals surface area contributed by atoms with E-state index in [0.717, 1.165) is 18.1 Å². The van der Waals surface area contributed by atoms with Crippen LogP contribution in [0, 0.1) is 6.92 Å². The van der Waals surface area contributed by atoms with Gasteiger partial charge in [0.05, 0.1) is 23.6 Å². The maximum Gasteiger partial charge on any atom is 0.300 e. The highest BCUT2D eigenvalue weighted by atomic mass is 16.4. The molecule has 3 aromatic rings. The Morgan fingerprint density at radius 2 is 1.75 bits per heavy atom. The van der Waals surface area contributed by atoms with Gasteiger partial charge in [0.15, 0.2) is 5.43 Å². The Morgan fingerprint density at radius 1 is 1.12 bits per heavy atom. The maximum atomic E-state index is 13.3. The van der Waals surface area contributed by atoms with Gasteiger partial charge in [0, 0.05) is 13.5 Å². The normalized spacial score (nSPS) is 15.0. The SMILES string of the molecule is CC(=O)O.Cc1ccc2oc3c(c(=O)c2c1)C(c1ccc(C(C)C)cc1)N(CCO)C3=O. The lowest BCUT2D eigenvalue weighted by molar-refractivity contribution is -0.134. The van der Waals surface area contributed by atoms with Crippen LogP contribution >= 0.6 is 0 Å². The largest absolute Gasteiger partial charge is 0.481 e. The average Bonchev–Trinajstić information content (AvgIpc) is 3.01. The molecule has 1 unspecified atom stereocenters. The molecule has 1 amide bonds. The Kier molecular flexibility index (Phi) is 6.79. The fraction of sp³-hybridized carbons (Fsp3) is 0.320. The minimum Gasteiger partial charge on any atom is -0.481 e. The smallest absolute Gasteiger partial charge is 0.300 e. The Balaban J connectivity index is 0.000000668. The molecule has 2 aromatic carbocycles. The first kappa shape index (κ1) is 23.2. The van der Waals surface area contributed by atoms with E-state index in [1.54, 1.807) is 12.1 Å². The average molecular weight is 437 g/mol. The molecule has 0 spiro atoms. The van der Waals surface area contributed by atoms with Gasteiger partial charge < -0.3 is 19.5 Å². The van der Waals surface area contributed by atoms with Gasteiger partial charge in [0.1, 0.15) is 5.58 Å². The van der Waals surface area contributed by atoms with Gasteiger partial charge in [-0.25, -0.2) is 0 Å². The topological polar surface area (TPSA) is 108 Å². The van der Waals surface area contributed by atoms with Crippen LogP contribution in [0.4, 0.5) is 0 Å². The fourth-order valence-electron chi connectivity index (χ4n) is 3.88. The molecule has 168 valence electrons. The van der Waals surface area contributed by atoms with Crippen molar-refractivity contribution in [3.05, 3.63) is 80.7 Å². The molecule has 1 aromatic heterocycles. The number of aliphatic hydroxyl groups is 1. The lowest BCUT2D eigenvalue weighted by Gasteiger charge is -2.24. The number of nitrogens with zero attached hydrogens (tertiary/aromatic N) is 1. The number of carboxylic acid groups (broad SMARTS) is 1. The van der Waals surface area contributed by atoms with Crippen LogP contribution in [-0.4, -0.2) is 40.1 Å². The van der Waals surface area contributed by atoms with Crippen LogP contribution in [0.25, 0.3) is 11.0 Å². The van der Waals surface area contributed by atoms with Gasteiger partial charge in [-0.2, -0.15) is 0 Å². The van der Waals surface area contributed by atoms with Gasteiger partial charge >= 0.3 is 0 Å². The highest BCUT2D eigenvalue weighted by molar-refractivity contribution is 5.99. The molecule has 32 heavy (non-hydrogen) atoms. The summed E-state index contributed by atoms with van der Waals surface area (Å²) in [5.41, 5.74) is 3.55. The van der Waals surface area contributed by atoms with E-state index >= 15 is 0 Å². The minimum absolute atomic E-state index is 0.0766. The van der Waals surface area contributed by atoms with Crippen LogP contribution in [0.5, 0.6) is 0 Å². The molecular weight excluding hydrogens is 410 g/mol. The molecule has 2 heterocycles. The van der Waals surface area contributed by atoms with E-state index in [1.807, 2.05) is 37.3 Å². The summed E-state index contributed by atoms with van der Waals surface area (Å²) in [5.74, 6) is -0.730. The van der Waals surface area contributed by atoms with Crippen molar-refractivity contribution in [3.63, 3.8) is 0 Å². The third kappa shape index (κ3) is 4.43. The lowest BCUT2D eigenvalue weighted by atomic mass is 9.95. The molecule has 1 aliphatic rings. The standard InChI is InChI=1S/C23H23NO4.C2H4O2/c1-13(2)15-5-7-16(8-6-15)20-19-21(26)17-12-14(3)4-9-18(17)28-22(19)23(27)24(20)10-11-25;1-2(3)4/h4-9,12-13,20,25H,10-11H2,1-3H3;1H3,(H,3,4). The first-order valence-corrected chi connectivity index (χ1v) is 10.4. The van der Waals surface area contributed by atoms with Crippen molar-refractivity contribution >= 4 is 22.8 Å². The molecule has 4 rings (SSSR count). The Labute approximate surface area is 185 Å². The number of carbonyl (C=O) groups is 2. The number of hydrogen-bond acceptors (Lipinski definition) is 5. The molecule has 2 N–H and O–H groups in total. The van der Waals surface area contributed by atoms with E-state index in [9.17, 15) is 14.7 Å². The van der Waals surface area contributed by atoms with Crippen molar-refractivity contribution in [1.82, 2.24) is 4.90 Å². The summed E-state index contributed by atoms with van der Waals surface area (Å²) in [6.45, 7) is 7.17. The van der Waals surface area contributed by atoms with E-state index in [-0.39, 0.29) is 30.2 Å². The number of hydrogen-bond donors (Lipinski definition) is 2. The van der Waals surface area contributed by atoms with Crippen molar-refractivity contribution in [2.24, 2.45) is 0 Å². The summed E-state index contributed by atoms with van der Waals surface area (Å²) < 4.78 is 5.87. The zero-order valence-electron chi connectivity index (χ0n) is 18.6. The van der Waals surface area contributed by atoms with Gasteiger partial charge in [-0.05, 0) is 36.1 Å². The van der Waals surface area contributed by atoms with Crippen LogP contribution in [-0.2, 0) is 4.79 Å². The lowest BCUT2D eigenvalue weighted by Crippen LogP contribution is -2.32. The summed E-state index contributed by atoms with van der Waals surface area (Å²) >= 11 is 0. The van der Waals surface area contributed by atoms with E-state index in [0.29, 0.717) is 22.5 Å². The number of carbonyl (C=O) groups excluding carboxylic acids is 1. The third-order valence-corrected chi connectivity index (χ3v) is 5.38. The molecule has 0 fully saturated rings. The van der Waals surface area contributed by atoms with Crippen molar-refractivity contribution in [2.75, 3.05) is 13.2 Å². The highest BCUT2D eigenvalue weighted by Gasteiger charge is 2.42. The van der Waals surface area contributed by atoms with Crippen molar-refractivity contribution in [2.45, 2.75) is 39.7 Å². The zero-order valence-corrected chi connectivity index (χ0v) is 18.6. The third-order valence-electron chi connectivity index (χ3n) is 5.38. The van der Waals surface area contributed by atoms with Crippen LogP contribution in [0.2, 0.25) is 0 Å². The molecule has 1 atom stereocenters. The highest BCUT2D eigenvalue weighted by Crippen LogP contribution is 2.38. The molecule has 7 nitrogen and oxygen atoms in total. The fourth-order valence-corrected chi connectivity index (χ4v) is 3.88. The summed E-state index contributed by atoms with van der Waals surface area (Å²) in [6, 6.07) is 12.8. The number of β-amino-alcohol motifs (C(OH)–C–C–N with tert-alkyl or cyclic N) is 1. The number of amides is 1. The first-order valence-electron chi connectivity index (χ1n) is 10.4. The molecule has 0 aliphatic carbocycles. The Morgan fingerprint density at radius 3 is 2.31 bits per heavy atom. The van der Waals surface area contributed by atoms with Crippen molar-refractivity contribution in [1.29, 1.82) is 0 Å². The molecule has 7 heteroatoms. The van der Waals surface area contributed by atoms with Gasteiger partial charge in [-0.15, -0.1) is 0 Å². The molecule has 0 radical (unpaired) electrons. The monoisotopic (exact) mass is 437 g/mol. The number of rotatable bonds is 4. The number of carboxylic acids is 1. The van der Waals surface area contributed by atoms with E-state index in [1.165, 1.54) is 10.5 Å². The van der Waals surface area contributed by atoms with Crippen LogP contribution < -0.4 is 5.43 Å². The zero-order chi connectivity index (χ0) is 23.6. The van der Waals surface area contributed by atoms with Gasteiger partial charge in [-0.1, -0.05) is 49.7 Å². The van der Waals surface area contributed by atoms with Gasteiger partial charge in [-0.3, -0.25) is 14.4 Å². The number of aliphatic carboxylic acids is 1. The van der Waals surface area contributed by atoms with Gasteiger partial charge in [0.25, 0.3) is 11.9 Å². The Hall–Kier alpha value is -3.45.